The van der Waals surface area contributed by atoms with E-state index in [9.17, 15) is 16.8 Å². The molecule has 0 aromatic heterocycles. The van der Waals surface area contributed by atoms with Crippen molar-refractivity contribution in [1.82, 2.24) is 9.44 Å². The Morgan fingerprint density at radius 2 is 2.00 bits per heavy atom. The average Bonchev–Trinajstić information content (AvgIpc) is 2.53. The summed E-state index contributed by atoms with van der Waals surface area (Å²) in [5.74, 6) is 0.733. The molecule has 1 aliphatic rings. The van der Waals surface area contributed by atoms with E-state index in [1.54, 1.807) is 6.92 Å². The van der Waals surface area contributed by atoms with Crippen molar-refractivity contribution < 1.29 is 16.8 Å². The second-order valence-corrected chi connectivity index (χ2v) is 8.12. The fourth-order valence-corrected chi connectivity index (χ4v) is 4.74. The number of nitrogens with one attached hydrogen (secondary N) is 2. The zero-order valence-corrected chi connectivity index (χ0v) is 11.6. The van der Waals surface area contributed by atoms with E-state index in [1.165, 1.54) is 0 Å². The quantitative estimate of drug-likeness (QED) is 0.625. The molecular formula is C9H20N2O4S2. The standard InChI is InChI=1S/C9H20N2O4S2/c1-2-10-17(14,15)11-6-3-4-9-5-7-16(12,13)8-9/h9-11H,2-8H2,1H3. The van der Waals surface area contributed by atoms with Crippen molar-refractivity contribution in [2.45, 2.75) is 26.2 Å². The van der Waals surface area contributed by atoms with Gasteiger partial charge in [-0.05, 0) is 25.2 Å². The molecule has 0 amide bonds. The SMILES string of the molecule is CCNS(=O)(=O)NCCCC1CCS(=O)(=O)C1. The first kappa shape index (κ1) is 14.9. The van der Waals surface area contributed by atoms with Gasteiger partial charge >= 0.3 is 0 Å². The molecule has 1 aliphatic heterocycles. The maximum absolute atomic E-state index is 11.2. The molecule has 2 N–H and O–H groups in total. The van der Waals surface area contributed by atoms with Crippen molar-refractivity contribution in [2.75, 3.05) is 24.6 Å². The van der Waals surface area contributed by atoms with Crippen molar-refractivity contribution in [1.29, 1.82) is 0 Å². The summed E-state index contributed by atoms with van der Waals surface area (Å²) >= 11 is 0. The van der Waals surface area contributed by atoms with Gasteiger partial charge in [0.1, 0.15) is 0 Å². The maximum atomic E-state index is 11.2. The Morgan fingerprint density at radius 3 is 2.53 bits per heavy atom. The average molecular weight is 284 g/mol. The number of hydrogen-bond donors (Lipinski definition) is 2. The van der Waals surface area contributed by atoms with Crippen LogP contribution in [0.5, 0.6) is 0 Å². The van der Waals surface area contributed by atoms with E-state index >= 15 is 0 Å². The van der Waals surface area contributed by atoms with E-state index in [1.807, 2.05) is 0 Å². The molecule has 1 saturated heterocycles. The number of hydrogen-bond acceptors (Lipinski definition) is 4. The highest BCUT2D eigenvalue weighted by atomic mass is 32.2. The van der Waals surface area contributed by atoms with Crippen LogP contribution in [0.3, 0.4) is 0 Å². The summed E-state index contributed by atoms with van der Waals surface area (Å²) in [5, 5.41) is 0. The van der Waals surface area contributed by atoms with Crippen molar-refractivity contribution in [3.63, 3.8) is 0 Å². The van der Waals surface area contributed by atoms with Crippen LogP contribution in [0.4, 0.5) is 0 Å². The topological polar surface area (TPSA) is 92.3 Å². The van der Waals surface area contributed by atoms with Crippen LogP contribution in [0.1, 0.15) is 26.2 Å². The van der Waals surface area contributed by atoms with Crippen molar-refractivity contribution in [3.8, 4) is 0 Å². The van der Waals surface area contributed by atoms with Crippen LogP contribution in [0.2, 0.25) is 0 Å². The molecule has 1 unspecified atom stereocenters. The molecule has 0 aliphatic carbocycles. The molecular weight excluding hydrogens is 264 g/mol. The summed E-state index contributed by atoms with van der Waals surface area (Å²) in [6, 6.07) is 0. The molecule has 1 heterocycles. The fourth-order valence-electron chi connectivity index (χ4n) is 1.94. The van der Waals surface area contributed by atoms with Crippen LogP contribution in [0, 0.1) is 5.92 Å². The fraction of sp³-hybridized carbons (Fsp3) is 1.00. The zero-order valence-electron chi connectivity index (χ0n) is 9.98. The first-order valence-corrected chi connectivity index (χ1v) is 9.10. The summed E-state index contributed by atoms with van der Waals surface area (Å²) in [4.78, 5) is 0. The van der Waals surface area contributed by atoms with E-state index in [0.29, 0.717) is 25.9 Å². The van der Waals surface area contributed by atoms with Crippen LogP contribution >= 0.6 is 0 Å². The molecule has 0 aromatic carbocycles. The van der Waals surface area contributed by atoms with E-state index in [4.69, 9.17) is 0 Å². The Hall–Kier alpha value is -0.180. The van der Waals surface area contributed by atoms with Crippen molar-refractivity contribution >= 4 is 20.0 Å². The molecule has 17 heavy (non-hydrogen) atoms. The molecule has 1 rings (SSSR count). The van der Waals surface area contributed by atoms with Gasteiger partial charge in [-0.1, -0.05) is 6.92 Å². The van der Waals surface area contributed by atoms with Crippen LogP contribution in [0.25, 0.3) is 0 Å². The lowest BCUT2D eigenvalue weighted by atomic mass is 10.0. The lowest BCUT2D eigenvalue weighted by Crippen LogP contribution is -2.36. The third kappa shape index (κ3) is 5.80. The Kier molecular flexibility index (Phi) is 5.36. The van der Waals surface area contributed by atoms with Gasteiger partial charge in [0.2, 0.25) is 0 Å². The van der Waals surface area contributed by atoms with Crippen LogP contribution < -0.4 is 9.44 Å². The van der Waals surface area contributed by atoms with Gasteiger partial charge in [-0.25, -0.2) is 17.9 Å². The second kappa shape index (κ2) is 6.12. The normalized spacial score (nSPS) is 23.9. The Bertz CT molecular complexity index is 430. The highest BCUT2D eigenvalue weighted by molar-refractivity contribution is 7.91. The summed E-state index contributed by atoms with van der Waals surface area (Å²) in [6.07, 6.45) is 2.14. The Labute approximate surface area is 103 Å². The van der Waals surface area contributed by atoms with Gasteiger partial charge < -0.3 is 0 Å². The molecule has 1 fully saturated rings. The van der Waals surface area contributed by atoms with Gasteiger partial charge in [-0.3, -0.25) is 0 Å². The summed E-state index contributed by atoms with van der Waals surface area (Å²) in [5.41, 5.74) is 0. The third-order valence-corrected chi connectivity index (χ3v) is 5.83. The molecule has 0 saturated carbocycles. The minimum Gasteiger partial charge on any atom is -0.229 e. The number of sulfone groups is 1. The first-order chi connectivity index (χ1) is 7.85. The largest absolute Gasteiger partial charge is 0.276 e. The third-order valence-electron chi connectivity index (χ3n) is 2.74. The summed E-state index contributed by atoms with van der Waals surface area (Å²) < 4.78 is 49.6. The monoisotopic (exact) mass is 284 g/mol. The van der Waals surface area contributed by atoms with E-state index in [0.717, 1.165) is 6.42 Å². The Balaban J connectivity index is 2.17. The van der Waals surface area contributed by atoms with Crippen molar-refractivity contribution in [2.24, 2.45) is 5.92 Å². The van der Waals surface area contributed by atoms with Crippen LogP contribution in [-0.2, 0) is 20.0 Å². The molecule has 0 aromatic rings. The van der Waals surface area contributed by atoms with Crippen LogP contribution in [-0.4, -0.2) is 41.4 Å². The first-order valence-electron chi connectivity index (χ1n) is 5.79. The highest BCUT2D eigenvalue weighted by Gasteiger charge is 2.27. The van der Waals surface area contributed by atoms with Gasteiger partial charge in [-0.15, -0.1) is 0 Å². The Morgan fingerprint density at radius 1 is 1.29 bits per heavy atom. The van der Waals surface area contributed by atoms with Gasteiger partial charge in [0, 0.05) is 13.1 Å². The van der Waals surface area contributed by atoms with Crippen LogP contribution in [0.15, 0.2) is 0 Å². The molecule has 0 radical (unpaired) electrons. The smallest absolute Gasteiger partial charge is 0.229 e. The van der Waals surface area contributed by atoms with Gasteiger partial charge in [0.25, 0.3) is 10.2 Å². The summed E-state index contributed by atoms with van der Waals surface area (Å²) in [6.45, 7) is 2.42. The maximum Gasteiger partial charge on any atom is 0.276 e. The second-order valence-electron chi connectivity index (χ2n) is 4.31. The number of rotatable bonds is 7. The molecule has 1 atom stereocenters. The lowest BCUT2D eigenvalue weighted by molar-refractivity contribution is 0.510. The van der Waals surface area contributed by atoms with Gasteiger partial charge in [0.05, 0.1) is 11.5 Å². The molecule has 102 valence electrons. The molecule has 6 nitrogen and oxygen atoms in total. The van der Waals surface area contributed by atoms with E-state index in [2.05, 4.69) is 9.44 Å². The zero-order chi connectivity index (χ0) is 12.9. The van der Waals surface area contributed by atoms with Gasteiger partial charge in [-0.2, -0.15) is 8.42 Å². The molecule has 8 heteroatoms. The lowest BCUT2D eigenvalue weighted by Gasteiger charge is -2.09. The van der Waals surface area contributed by atoms with E-state index < -0.39 is 20.0 Å². The summed E-state index contributed by atoms with van der Waals surface area (Å²) in [7, 11) is -6.19. The minimum atomic E-state index is -3.37. The van der Waals surface area contributed by atoms with E-state index in [-0.39, 0.29) is 17.4 Å². The predicted octanol–water partition coefficient (Wildman–Crippen LogP) is -0.355. The highest BCUT2D eigenvalue weighted by Crippen LogP contribution is 2.22. The molecule has 0 bridgehead atoms. The predicted molar refractivity (Wildman–Crippen MR) is 66.6 cm³/mol. The molecule has 0 spiro atoms. The minimum absolute atomic E-state index is 0.198. The van der Waals surface area contributed by atoms with Crippen molar-refractivity contribution in [3.05, 3.63) is 0 Å². The van der Waals surface area contributed by atoms with Gasteiger partial charge in [0.15, 0.2) is 9.84 Å².